The number of ether oxygens (including phenoxy) is 1. The van der Waals surface area contributed by atoms with Crippen molar-refractivity contribution in [3.63, 3.8) is 0 Å². The molecule has 232 valence electrons. The number of aromatic nitrogens is 2. The Kier molecular flexibility index (Phi) is 10.7. The maximum Gasteiger partial charge on any atom is 0.199 e. The number of para-hydroxylation sites is 2. The molecule has 0 bridgehead atoms. The maximum atomic E-state index is 6.01. The number of allylic oxidation sites excluding steroid dienone is 5. The molecule has 0 spiro atoms. The summed E-state index contributed by atoms with van der Waals surface area (Å²) < 4.78 is 6.01. The summed E-state index contributed by atoms with van der Waals surface area (Å²) in [4.78, 5) is 14.4. The first-order valence-electron chi connectivity index (χ1n) is 15.7. The third-order valence-electron chi connectivity index (χ3n) is 7.16. The van der Waals surface area contributed by atoms with E-state index in [-0.39, 0.29) is 12.3 Å². The van der Waals surface area contributed by atoms with E-state index < -0.39 is 0 Å². The minimum Gasteiger partial charge on any atom is -0.464 e. The number of nitrogens with zero attached hydrogens (tertiary/aromatic N) is 3. The van der Waals surface area contributed by atoms with Gasteiger partial charge in [-0.25, -0.2) is 9.97 Å². The fourth-order valence-corrected chi connectivity index (χ4v) is 5.07. The quantitative estimate of drug-likeness (QED) is 0.195. The van der Waals surface area contributed by atoms with Gasteiger partial charge in [-0.15, -0.1) is 0 Å². The Bertz CT molecular complexity index is 1830. The molecule has 0 saturated heterocycles. The molecule has 0 fully saturated rings. The Labute approximate surface area is 272 Å². The Morgan fingerprint density at radius 1 is 0.848 bits per heavy atom. The highest BCUT2D eigenvalue weighted by Gasteiger charge is 2.27. The normalized spacial score (nSPS) is 16.0. The molecule has 2 aliphatic rings. The van der Waals surface area contributed by atoms with E-state index in [0.717, 1.165) is 44.8 Å². The van der Waals surface area contributed by atoms with Crippen molar-refractivity contribution in [3.05, 3.63) is 162 Å². The molecule has 2 aliphatic heterocycles. The van der Waals surface area contributed by atoms with Crippen molar-refractivity contribution in [1.82, 2.24) is 9.97 Å². The summed E-state index contributed by atoms with van der Waals surface area (Å²) in [5.74, 6) is 2.02. The van der Waals surface area contributed by atoms with Crippen LogP contribution in [0.3, 0.4) is 0 Å². The van der Waals surface area contributed by atoms with Crippen molar-refractivity contribution < 1.29 is 4.74 Å². The fourth-order valence-electron chi connectivity index (χ4n) is 5.07. The highest BCUT2D eigenvalue weighted by Crippen LogP contribution is 2.40. The number of hydrogen-bond acceptors (Lipinski definition) is 6. The number of amidine groups is 1. The van der Waals surface area contributed by atoms with Gasteiger partial charge in [0.2, 0.25) is 0 Å². The van der Waals surface area contributed by atoms with Gasteiger partial charge >= 0.3 is 0 Å². The number of fused-ring (bicyclic) bond motifs is 4. The van der Waals surface area contributed by atoms with Crippen LogP contribution in [-0.2, 0) is 0 Å². The van der Waals surface area contributed by atoms with Crippen molar-refractivity contribution in [2.75, 3.05) is 10.6 Å². The Morgan fingerprint density at radius 2 is 1.54 bits per heavy atom. The van der Waals surface area contributed by atoms with E-state index >= 15 is 0 Å². The average Bonchev–Trinajstić information content (AvgIpc) is 3.53. The van der Waals surface area contributed by atoms with Crippen LogP contribution in [-0.4, -0.2) is 15.8 Å². The second-order valence-corrected chi connectivity index (χ2v) is 11.1. The van der Waals surface area contributed by atoms with Crippen LogP contribution < -0.4 is 15.4 Å². The maximum absolute atomic E-state index is 6.01. The molecular formula is C40H41N5O. The molecule has 2 N–H and O–H groups in total. The monoisotopic (exact) mass is 607 g/mol. The lowest BCUT2D eigenvalue weighted by Crippen LogP contribution is -2.24. The van der Waals surface area contributed by atoms with E-state index in [1.165, 1.54) is 11.8 Å². The zero-order valence-corrected chi connectivity index (χ0v) is 26.9. The van der Waals surface area contributed by atoms with Crippen molar-refractivity contribution >= 4 is 28.0 Å². The number of benzene rings is 4. The Morgan fingerprint density at radius 3 is 2.26 bits per heavy atom. The number of aliphatic imine (C=N–C) groups is 1. The summed E-state index contributed by atoms with van der Waals surface area (Å²) in [6.07, 6.45) is 12.4. The SMILES string of the molecule is C=C(C)/C=C\C=C/C.CCC.c1ccc(C2N=C(c3ncc(C4Nc5ccccc5O4)cn3)Nc3c2ccc2ccccc32)cc1. The Balaban J connectivity index is 0.000000330. The number of rotatable bonds is 5. The molecule has 5 aromatic rings. The van der Waals surface area contributed by atoms with Crippen LogP contribution in [0.25, 0.3) is 10.8 Å². The van der Waals surface area contributed by atoms with Crippen molar-refractivity contribution in [2.45, 2.75) is 46.4 Å². The lowest BCUT2D eigenvalue weighted by Gasteiger charge is -2.26. The van der Waals surface area contributed by atoms with Gasteiger partial charge in [0, 0.05) is 28.9 Å². The molecule has 0 radical (unpaired) electrons. The van der Waals surface area contributed by atoms with Gasteiger partial charge in [0.1, 0.15) is 11.8 Å². The van der Waals surface area contributed by atoms with E-state index in [0.29, 0.717) is 11.7 Å². The summed E-state index contributed by atoms with van der Waals surface area (Å²) in [5, 5.41) is 9.22. The van der Waals surface area contributed by atoms with Crippen LogP contribution in [0.1, 0.15) is 68.9 Å². The molecule has 46 heavy (non-hydrogen) atoms. The summed E-state index contributed by atoms with van der Waals surface area (Å²) in [6.45, 7) is 11.9. The van der Waals surface area contributed by atoms with Crippen molar-refractivity contribution in [1.29, 1.82) is 0 Å². The van der Waals surface area contributed by atoms with Gasteiger partial charge in [0.25, 0.3) is 0 Å². The van der Waals surface area contributed by atoms with Gasteiger partial charge in [0.05, 0.1) is 11.4 Å². The molecule has 2 atom stereocenters. The van der Waals surface area contributed by atoms with Crippen molar-refractivity contribution in [3.8, 4) is 5.75 Å². The first-order chi connectivity index (χ1) is 22.5. The highest BCUT2D eigenvalue weighted by molar-refractivity contribution is 6.12. The molecule has 0 aliphatic carbocycles. The first kappa shape index (κ1) is 31.9. The van der Waals surface area contributed by atoms with Crippen LogP contribution >= 0.6 is 0 Å². The van der Waals surface area contributed by atoms with Gasteiger partial charge in [-0.1, -0.05) is 136 Å². The van der Waals surface area contributed by atoms with Crippen LogP contribution in [0.5, 0.6) is 5.75 Å². The lowest BCUT2D eigenvalue weighted by molar-refractivity contribution is 0.259. The number of nitrogens with one attached hydrogen (secondary N) is 2. The van der Waals surface area contributed by atoms with E-state index in [4.69, 9.17) is 9.73 Å². The van der Waals surface area contributed by atoms with Crippen LogP contribution in [0.4, 0.5) is 11.4 Å². The predicted octanol–water partition coefficient (Wildman–Crippen LogP) is 10.2. The van der Waals surface area contributed by atoms with E-state index in [9.17, 15) is 0 Å². The van der Waals surface area contributed by atoms with E-state index in [2.05, 4.69) is 89.6 Å². The number of anilines is 2. The standard InChI is InChI=1S/C29H21N5O.C8H12.C3H8/c1-2-9-19(10-3-1)25-22-15-14-18-8-4-5-11-21(18)26(22)34-28(33-25)27-30-16-20(17-31-27)29-32-23-12-6-7-13-24(23)35-29;1-4-5-6-7-8(2)3;1-3-2/h1-17,25,29,32H,(H,33,34);4-7H,2H2,1,3H3;3H2,1-2H3/b;5-4-,7-6-;. The second kappa shape index (κ2) is 15.5. The topological polar surface area (TPSA) is 71.4 Å². The van der Waals surface area contributed by atoms with E-state index in [1.54, 1.807) is 12.4 Å². The number of hydrogen-bond donors (Lipinski definition) is 2. The summed E-state index contributed by atoms with van der Waals surface area (Å²) in [5.41, 5.74) is 6.22. The molecule has 0 amide bonds. The van der Waals surface area contributed by atoms with Crippen LogP contribution in [0.2, 0.25) is 0 Å². The molecule has 4 aromatic carbocycles. The fraction of sp³-hybridized carbons (Fsp3) is 0.175. The summed E-state index contributed by atoms with van der Waals surface area (Å²) >= 11 is 0. The summed E-state index contributed by atoms with van der Waals surface area (Å²) in [6, 6.07) is 30.8. The van der Waals surface area contributed by atoms with Gasteiger partial charge in [-0.2, -0.15) is 0 Å². The predicted molar refractivity (Wildman–Crippen MR) is 193 cm³/mol. The molecule has 0 saturated carbocycles. The largest absolute Gasteiger partial charge is 0.464 e. The zero-order chi connectivity index (χ0) is 32.3. The third-order valence-corrected chi connectivity index (χ3v) is 7.16. The molecule has 2 unspecified atom stereocenters. The zero-order valence-electron chi connectivity index (χ0n) is 26.9. The third kappa shape index (κ3) is 7.59. The first-order valence-corrected chi connectivity index (χ1v) is 15.7. The average molecular weight is 608 g/mol. The molecule has 6 nitrogen and oxygen atoms in total. The molecule has 1 aromatic heterocycles. The lowest BCUT2D eigenvalue weighted by atomic mass is 9.93. The molecule has 7 rings (SSSR count). The van der Waals surface area contributed by atoms with Gasteiger partial charge in [0.15, 0.2) is 17.9 Å². The van der Waals surface area contributed by atoms with Gasteiger partial charge < -0.3 is 15.4 Å². The minimum atomic E-state index is -0.315. The highest BCUT2D eigenvalue weighted by atomic mass is 16.5. The van der Waals surface area contributed by atoms with Gasteiger partial charge in [-0.3, -0.25) is 4.99 Å². The minimum absolute atomic E-state index is 0.148. The Hall–Kier alpha value is -5.49. The van der Waals surface area contributed by atoms with Crippen LogP contribution in [0.15, 0.2) is 145 Å². The smallest absolute Gasteiger partial charge is 0.199 e. The molecule has 3 heterocycles. The van der Waals surface area contributed by atoms with Crippen molar-refractivity contribution in [2.24, 2.45) is 4.99 Å². The molecular weight excluding hydrogens is 566 g/mol. The second-order valence-electron chi connectivity index (χ2n) is 11.1. The van der Waals surface area contributed by atoms with E-state index in [1.807, 2.05) is 80.6 Å². The molecule has 6 heteroatoms. The van der Waals surface area contributed by atoms with Crippen LogP contribution in [0, 0.1) is 0 Å². The summed E-state index contributed by atoms with van der Waals surface area (Å²) in [7, 11) is 0. The van der Waals surface area contributed by atoms with Gasteiger partial charge in [-0.05, 0) is 36.9 Å².